The third-order valence-corrected chi connectivity index (χ3v) is 4.36. The van der Waals surface area contributed by atoms with E-state index in [1.165, 1.54) is 0 Å². The Balaban J connectivity index is 0.00000180. The first-order valence-corrected chi connectivity index (χ1v) is 7.15. The highest BCUT2D eigenvalue weighted by Gasteiger charge is 2.24. The van der Waals surface area contributed by atoms with Crippen LogP contribution >= 0.6 is 12.4 Å². The maximum atomic E-state index is 13.4. The van der Waals surface area contributed by atoms with E-state index < -0.39 is 26.6 Å². The fourth-order valence-electron chi connectivity index (χ4n) is 1.93. The van der Waals surface area contributed by atoms with Gasteiger partial charge in [-0.25, -0.2) is 21.9 Å². The number of sulfonamides is 1. The number of piperidine rings is 1. The standard InChI is InChI=1S/C11H14F2N2O2S.ClH/c12-8-3-4-11(10(13)6-8)18(16,17)15-9-2-1-5-14-7-9;/h3-4,6,9,14-15H,1-2,5,7H2;1H/t9-;/m0./s1. The second kappa shape index (κ2) is 6.60. The predicted molar refractivity (Wildman–Crippen MR) is 69.8 cm³/mol. The summed E-state index contributed by atoms with van der Waals surface area (Å²) >= 11 is 0. The summed E-state index contributed by atoms with van der Waals surface area (Å²) in [6.07, 6.45) is 1.56. The summed E-state index contributed by atoms with van der Waals surface area (Å²) in [6, 6.07) is 2.17. The van der Waals surface area contributed by atoms with Crippen LogP contribution in [0.5, 0.6) is 0 Å². The molecule has 0 aromatic heterocycles. The largest absolute Gasteiger partial charge is 0.315 e. The van der Waals surface area contributed by atoms with E-state index in [4.69, 9.17) is 0 Å². The van der Waals surface area contributed by atoms with E-state index in [9.17, 15) is 17.2 Å². The lowest BCUT2D eigenvalue weighted by Crippen LogP contribution is -2.45. The Morgan fingerprint density at radius 1 is 1.32 bits per heavy atom. The third kappa shape index (κ3) is 4.10. The number of nitrogens with one attached hydrogen (secondary N) is 2. The minimum Gasteiger partial charge on any atom is -0.315 e. The summed E-state index contributed by atoms with van der Waals surface area (Å²) in [7, 11) is -3.94. The second-order valence-electron chi connectivity index (χ2n) is 4.24. The Morgan fingerprint density at radius 3 is 2.63 bits per heavy atom. The van der Waals surface area contributed by atoms with E-state index >= 15 is 0 Å². The average molecular weight is 313 g/mol. The summed E-state index contributed by atoms with van der Waals surface area (Å²) < 4.78 is 52.4. The first-order chi connectivity index (χ1) is 8.49. The lowest BCUT2D eigenvalue weighted by Gasteiger charge is -2.23. The molecular formula is C11H15ClF2N2O2S. The maximum absolute atomic E-state index is 13.4. The van der Waals surface area contributed by atoms with Crippen molar-refractivity contribution in [3.63, 3.8) is 0 Å². The molecule has 0 unspecified atom stereocenters. The lowest BCUT2D eigenvalue weighted by molar-refractivity contribution is 0.427. The molecule has 1 aliphatic rings. The van der Waals surface area contributed by atoms with Gasteiger partial charge in [-0.3, -0.25) is 0 Å². The quantitative estimate of drug-likeness (QED) is 0.887. The number of benzene rings is 1. The first kappa shape index (κ1) is 16.3. The molecule has 1 aliphatic heterocycles. The Morgan fingerprint density at radius 2 is 2.05 bits per heavy atom. The maximum Gasteiger partial charge on any atom is 0.243 e. The van der Waals surface area contributed by atoms with Crippen LogP contribution in [0.4, 0.5) is 8.78 Å². The summed E-state index contributed by atoms with van der Waals surface area (Å²) in [5, 5.41) is 3.05. The van der Waals surface area contributed by atoms with Crippen LogP contribution in [0.2, 0.25) is 0 Å². The highest BCUT2D eigenvalue weighted by atomic mass is 35.5. The van der Waals surface area contributed by atoms with Gasteiger partial charge in [-0.2, -0.15) is 0 Å². The van der Waals surface area contributed by atoms with Gasteiger partial charge < -0.3 is 5.32 Å². The smallest absolute Gasteiger partial charge is 0.243 e. The average Bonchev–Trinajstić information content (AvgIpc) is 2.29. The zero-order valence-corrected chi connectivity index (χ0v) is 11.7. The van der Waals surface area contributed by atoms with E-state index in [1.807, 2.05) is 0 Å². The van der Waals surface area contributed by atoms with E-state index in [-0.39, 0.29) is 18.4 Å². The second-order valence-corrected chi connectivity index (χ2v) is 5.92. The van der Waals surface area contributed by atoms with Crippen molar-refractivity contribution in [3.8, 4) is 0 Å². The van der Waals surface area contributed by atoms with Gasteiger partial charge in [0, 0.05) is 18.7 Å². The van der Waals surface area contributed by atoms with E-state index in [1.54, 1.807) is 0 Å². The third-order valence-electron chi connectivity index (χ3n) is 2.80. The summed E-state index contributed by atoms with van der Waals surface area (Å²) in [6.45, 7) is 1.37. The zero-order chi connectivity index (χ0) is 13.2. The molecular weight excluding hydrogens is 298 g/mol. The van der Waals surface area contributed by atoms with Crippen LogP contribution in [0.3, 0.4) is 0 Å². The van der Waals surface area contributed by atoms with Crippen molar-refractivity contribution in [2.45, 2.75) is 23.8 Å². The summed E-state index contributed by atoms with van der Waals surface area (Å²) in [4.78, 5) is -0.519. The van der Waals surface area contributed by atoms with Crippen molar-refractivity contribution < 1.29 is 17.2 Å². The molecule has 8 heteroatoms. The fraction of sp³-hybridized carbons (Fsp3) is 0.455. The molecule has 2 rings (SSSR count). The number of halogens is 3. The minimum atomic E-state index is -3.94. The van der Waals surface area contributed by atoms with Crippen LogP contribution in [0.25, 0.3) is 0 Å². The van der Waals surface area contributed by atoms with Gasteiger partial charge >= 0.3 is 0 Å². The first-order valence-electron chi connectivity index (χ1n) is 5.67. The van der Waals surface area contributed by atoms with E-state index in [0.29, 0.717) is 19.0 Å². The van der Waals surface area contributed by atoms with Crippen molar-refractivity contribution in [1.29, 1.82) is 0 Å². The fourth-order valence-corrected chi connectivity index (χ4v) is 3.26. The highest BCUT2D eigenvalue weighted by molar-refractivity contribution is 7.89. The van der Waals surface area contributed by atoms with Crippen molar-refractivity contribution in [3.05, 3.63) is 29.8 Å². The van der Waals surface area contributed by atoms with Crippen LogP contribution < -0.4 is 10.0 Å². The van der Waals surface area contributed by atoms with Crippen molar-refractivity contribution >= 4 is 22.4 Å². The van der Waals surface area contributed by atoms with Gasteiger partial charge in [0.05, 0.1) is 0 Å². The minimum absolute atomic E-state index is 0. The predicted octanol–water partition coefficient (Wildman–Crippen LogP) is 1.42. The molecule has 1 aromatic carbocycles. The molecule has 108 valence electrons. The molecule has 2 N–H and O–H groups in total. The molecule has 0 spiro atoms. The molecule has 0 aliphatic carbocycles. The van der Waals surface area contributed by atoms with Crippen molar-refractivity contribution in [2.24, 2.45) is 0 Å². The molecule has 1 fully saturated rings. The van der Waals surface area contributed by atoms with Crippen molar-refractivity contribution in [2.75, 3.05) is 13.1 Å². The number of hydrogen-bond donors (Lipinski definition) is 2. The topological polar surface area (TPSA) is 58.2 Å². The van der Waals surface area contributed by atoms with Crippen LogP contribution in [-0.4, -0.2) is 27.5 Å². The Labute approximate surface area is 117 Å². The van der Waals surface area contributed by atoms with E-state index in [2.05, 4.69) is 10.0 Å². The monoisotopic (exact) mass is 312 g/mol. The van der Waals surface area contributed by atoms with Crippen LogP contribution in [-0.2, 0) is 10.0 Å². The van der Waals surface area contributed by atoms with E-state index in [0.717, 1.165) is 25.1 Å². The Bertz CT molecular complexity index is 533. The van der Waals surface area contributed by atoms with Gasteiger partial charge in [-0.15, -0.1) is 12.4 Å². The van der Waals surface area contributed by atoms with Gasteiger partial charge in [-0.05, 0) is 31.5 Å². The molecule has 0 bridgehead atoms. The molecule has 1 atom stereocenters. The molecule has 1 saturated heterocycles. The highest BCUT2D eigenvalue weighted by Crippen LogP contribution is 2.16. The Kier molecular flexibility index (Phi) is 5.66. The molecule has 1 aromatic rings. The van der Waals surface area contributed by atoms with Crippen LogP contribution in [0.1, 0.15) is 12.8 Å². The molecule has 0 radical (unpaired) electrons. The number of rotatable bonds is 3. The lowest BCUT2D eigenvalue weighted by atomic mass is 10.1. The van der Waals surface area contributed by atoms with Gasteiger partial charge in [0.15, 0.2) is 0 Å². The summed E-state index contributed by atoms with van der Waals surface area (Å²) in [5.41, 5.74) is 0. The molecule has 0 saturated carbocycles. The van der Waals surface area contributed by atoms with Gasteiger partial charge in [0.1, 0.15) is 16.5 Å². The van der Waals surface area contributed by atoms with Gasteiger partial charge in [-0.1, -0.05) is 0 Å². The Hall–Kier alpha value is -0.760. The molecule has 19 heavy (non-hydrogen) atoms. The zero-order valence-electron chi connectivity index (χ0n) is 10.0. The van der Waals surface area contributed by atoms with Crippen LogP contribution in [0, 0.1) is 11.6 Å². The molecule has 0 amide bonds. The molecule has 1 heterocycles. The van der Waals surface area contributed by atoms with Gasteiger partial charge in [0.25, 0.3) is 0 Å². The number of hydrogen-bond acceptors (Lipinski definition) is 3. The molecule has 4 nitrogen and oxygen atoms in total. The normalized spacial score (nSPS) is 19.8. The van der Waals surface area contributed by atoms with Crippen molar-refractivity contribution in [1.82, 2.24) is 10.0 Å². The van der Waals surface area contributed by atoms with Gasteiger partial charge in [0.2, 0.25) is 10.0 Å². The van der Waals surface area contributed by atoms with Crippen LogP contribution in [0.15, 0.2) is 23.1 Å². The summed E-state index contributed by atoms with van der Waals surface area (Å²) in [5.74, 6) is -1.88. The SMILES string of the molecule is Cl.O=S(=O)(N[C@H]1CCCNC1)c1ccc(F)cc1F.